The van der Waals surface area contributed by atoms with Crippen LogP contribution in [0.4, 0.5) is 5.82 Å². The van der Waals surface area contributed by atoms with Gasteiger partial charge in [0.25, 0.3) is 0 Å². The van der Waals surface area contributed by atoms with Crippen molar-refractivity contribution in [2.75, 3.05) is 11.4 Å². The molecule has 1 aliphatic rings. The molecule has 3 heterocycles. The van der Waals surface area contributed by atoms with Crippen molar-refractivity contribution in [1.29, 1.82) is 0 Å². The summed E-state index contributed by atoms with van der Waals surface area (Å²) in [5.74, 6) is -0.239. The van der Waals surface area contributed by atoms with Gasteiger partial charge in [-0.3, -0.25) is 4.79 Å². The Kier molecular flexibility index (Phi) is 2.66. The predicted molar refractivity (Wildman–Crippen MR) is 70.3 cm³/mol. The molecule has 1 saturated heterocycles. The highest BCUT2D eigenvalue weighted by atomic mass is 16.4. The van der Waals surface area contributed by atoms with E-state index in [1.165, 1.54) is 0 Å². The molecule has 0 aromatic carbocycles. The average molecular weight is 260 g/mol. The summed E-state index contributed by atoms with van der Waals surface area (Å²) in [6.07, 6.45) is 4.17. The van der Waals surface area contributed by atoms with Gasteiger partial charge in [0, 0.05) is 25.0 Å². The summed E-state index contributed by atoms with van der Waals surface area (Å²) in [5.41, 5.74) is 1.86. The maximum absolute atomic E-state index is 11.2. The standard InChI is InChI=1S/C13H16N4O2/c1-8-7-11-12(14-4-6-17(11)15-8)16-5-3-10(9(16)2)13(18)19/h4,6-7,9-10H,3,5H2,1-2H3,(H,18,19). The monoisotopic (exact) mass is 260 g/mol. The molecule has 2 aromatic heterocycles. The molecule has 6 nitrogen and oxygen atoms in total. The van der Waals surface area contributed by atoms with Gasteiger partial charge >= 0.3 is 5.97 Å². The highest BCUT2D eigenvalue weighted by molar-refractivity contribution is 5.75. The minimum Gasteiger partial charge on any atom is -0.481 e. The molecule has 0 spiro atoms. The van der Waals surface area contributed by atoms with Crippen LogP contribution in [0.5, 0.6) is 0 Å². The second-order valence-electron chi connectivity index (χ2n) is 5.03. The van der Waals surface area contributed by atoms with Gasteiger partial charge in [-0.15, -0.1) is 0 Å². The van der Waals surface area contributed by atoms with E-state index in [1.807, 2.05) is 19.9 Å². The number of carboxylic acids is 1. The van der Waals surface area contributed by atoms with Gasteiger partial charge in [0.05, 0.1) is 11.6 Å². The third kappa shape index (κ3) is 1.83. The largest absolute Gasteiger partial charge is 0.481 e. The van der Waals surface area contributed by atoms with Crippen molar-refractivity contribution in [1.82, 2.24) is 14.6 Å². The summed E-state index contributed by atoms with van der Waals surface area (Å²) in [6, 6.07) is 1.93. The van der Waals surface area contributed by atoms with Crippen molar-refractivity contribution in [2.45, 2.75) is 26.3 Å². The number of nitrogens with zero attached hydrogens (tertiary/aromatic N) is 4. The number of aryl methyl sites for hydroxylation is 1. The molecule has 0 amide bonds. The van der Waals surface area contributed by atoms with Crippen LogP contribution in [0.2, 0.25) is 0 Å². The lowest BCUT2D eigenvalue weighted by atomic mass is 10.0. The van der Waals surface area contributed by atoms with Crippen molar-refractivity contribution >= 4 is 17.3 Å². The van der Waals surface area contributed by atoms with E-state index in [4.69, 9.17) is 0 Å². The van der Waals surface area contributed by atoms with Gasteiger partial charge in [0.15, 0.2) is 5.82 Å². The molecule has 19 heavy (non-hydrogen) atoms. The Labute approximate surface area is 110 Å². The van der Waals surface area contributed by atoms with Crippen molar-refractivity contribution < 1.29 is 9.90 Å². The predicted octanol–water partition coefficient (Wildman–Crippen LogP) is 1.34. The molecule has 0 aliphatic carbocycles. The normalized spacial score (nSPS) is 23.2. The van der Waals surface area contributed by atoms with E-state index in [2.05, 4.69) is 15.0 Å². The Hall–Kier alpha value is -2.11. The Morgan fingerprint density at radius 1 is 1.53 bits per heavy atom. The molecule has 0 bridgehead atoms. The molecule has 1 N–H and O–H groups in total. The van der Waals surface area contributed by atoms with Gasteiger partial charge < -0.3 is 10.0 Å². The van der Waals surface area contributed by atoms with E-state index < -0.39 is 5.97 Å². The Morgan fingerprint density at radius 2 is 2.32 bits per heavy atom. The fourth-order valence-electron chi connectivity index (χ4n) is 2.82. The smallest absolute Gasteiger partial charge is 0.308 e. The molecular formula is C13H16N4O2. The number of fused-ring (bicyclic) bond motifs is 1. The Bertz CT molecular complexity index is 637. The molecule has 2 aromatic rings. The maximum Gasteiger partial charge on any atom is 0.308 e. The summed E-state index contributed by atoms with van der Waals surface area (Å²) in [5, 5.41) is 13.6. The minimum absolute atomic E-state index is 0.0496. The Morgan fingerprint density at radius 3 is 3.00 bits per heavy atom. The average Bonchev–Trinajstić information content (AvgIpc) is 2.90. The molecule has 6 heteroatoms. The van der Waals surface area contributed by atoms with E-state index in [1.54, 1.807) is 16.9 Å². The molecule has 3 rings (SSSR count). The molecular weight excluding hydrogens is 244 g/mol. The van der Waals surface area contributed by atoms with E-state index in [0.717, 1.165) is 23.6 Å². The number of aliphatic carboxylic acids is 1. The fraction of sp³-hybridized carbons (Fsp3) is 0.462. The number of carbonyl (C=O) groups is 1. The molecule has 2 atom stereocenters. The van der Waals surface area contributed by atoms with Gasteiger partial charge in [0.1, 0.15) is 5.52 Å². The summed E-state index contributed by atoms with van der Waals surface area (Å²) >= 11 is 0. The first-order valence-corrected chi connectivity index (χ1v) is 6.38. The highest BCUT2D eigenvalue weighted by Gasteiger charge is 2.37. The first kappa shape index (κ1) is 12.0. The van der Waals surface area contributed by atoms with Crippen LogP contribution in [0, 0.1) is 12.8 Å². The van der Waals surface area contributed by atoms with Crippen LogP contribution in [0.1, 0.15) is 19.0 Å². The lowest BCUT2D eigenvalue weighted by Gasteiger charge is -2.24. The third-order valence-corrected chi connectivity index (χ3v) is 3.84. The zero-order valence-corrected chi connectivity index (χ0v) is 10.9. The number of hydrogen-bond donors (Lipinski definition) is 1. The van der Waals surface area contributed by atoms with Crippen LogP contribution in [-0.2, 0) is 4.79 Å². The highest BCUT2D eigenvalue weighted by Crippen LogP contribution is 2.31. The zero-order chi connectivity index (χ0) is 13.6. The SMILES string of the molecule is Cc1cc2c(N3CCC(C(=O)O)C3C)nccn2n1. The number of aromatic nitrogens is 3. The van der Waals surface area contributed by atoms with Crippen molar-refractivity contribution in [2.24, 2.45) is 5.92 Å². The van der Waals surface area contributed by atoms with Crippen molar-refractivity contribution in [3.05, 3.63) is 24.2 Å². The topological polar surface area (TPSA) is 70.7 Å². The van der Waals surface area contributed by atoms with Crippen LogP contribution in [0.25, 0.3) is 5.52 Å². The van der Waals surface area contributed by atoms with Crippen molar-refractivity contribution in [3.63, 3.8) is 0 Å². The second kappa shape index (κ2) is 4.22. The lowest BCUT2D eigenvalue weighted by molar-refractivity contribution is -0.141. The van der Waals surface area contributed by atoms with Gasteiger partial charge in [-0.2, -0.15) is 5.10 Å². The molecule has 0 radical (unpaired) electrons. The van der Waals surface area contributed by atoms with Gasteiger partial charge in [-0.1, -0.05) is 0 Å². The third-order valence-electron chi connectivity index (χ3n) is 3.84. The zero-order valence-electron chi connectivity index (χ0n) is 10.9. The summed E-state index contributed by atoms with van der Waals surface area (Å²) in [4.78, 5) is 17.7. The number of hydrogen-bond acceptors (Lipinski definition) is 4. The van der Waals surface area contributed by atoms with Crippen LogP contribution in [0.15, 0.2) is 18.5 Å². The van der Waals surface area contributed by atoms with Crippen molar-refractivity contribution in [3.8, 4) is 0 Å². The quantitative estimate of drug-likeness (QED) is 0.882. The number of anilines is 1. The summed E-state index contributed by atoms with van der Waals surface area (Å²) < 4.78 is 1.79. The van der Waals surface area contributed by atoms with Crippen LogP contribution in [-0.4, -0.2) is 38.3 Å². The molecule has 100 valence electrons. The number of carboxylic acid groups (broad SMARTS) is 1. The van der Waals surface area contributed by atoms with Gasteiger partial charge in [0.2, 0.25) is 0 Å². The Balaban J connectivity index is 2.03. The molecule has 1 aliphatic heterocycles. The molecule has 2 unspecified atom stereocenters. The van der Waals surface area contributed by atoms with E-state index in [9.17, 15) is 9.90 Å². The van der Waals surface area contributed by atoms with E-state index >= 15 is 0 Å². The first-order chi connectivity index (χ1) is 9.08. The molecule has 1 fully saturated rings. The van der Waals surface area contributed by atoms with E-state index in [0.29, 0.717) is 6.42 Å². The summed E-state index contributed by atoms with van der Waals surface area (Å²) in [7, 11) is 0. The van der Waals surface area contributed by atoms with Gasteiger partial charge in [-0.05, 0) is 26.3 Å². The fourth-order valence-corrected chi connectivity index (χ4v) is 2.82. The maximum atomic E-state index is 11.2. The summed E-state index contributed by atoms with van der Waals surface area (Å²) in [6.45, 7) is 4.60. The van der Waals surface area contributed by atoms with E-state index in [-0.39, 0.29) is 12.0 Å². The lowest BCUT2D eigenvalue weighted by Crippen LogP contribution is -2.33. The number of rotatable bonds is 2. The minimum atomic E-state index is -0.730. The van der Waals surface area contributed by atoms with Crippen LogP contribution < -0.4 is 4.90 Å². The second-order valence-corrected chi connectivity index (χ2v) is 5.03. The van der Waals surface area contributed by atoms with Gasteiger partial charge in [-0.25, -0.2) is 9.50 Å². The van der Waals surface area contributed by atoms with Crippen LogP contribution >= 0.6 is 0 Å². The van der Waals surface area contributed by atoms with Crippen LogP contribution in [0.3, 0.4) is 0 Å². The molecule has 0 saturated carbocycles. The first-order valence-electron chi connectivity index (χ1n) is 6.38.